The predicted molar refractivity (Wildman–Crippen MR) is 68.2 cm³/mol. The number of hydrogen-bond donors (Lipinski definition) is 2. The molecule has 0 aliphatic heterocycles. The second-order valence-corrected chi connectivity index (χ2v) is 4.22. The van der Waals surface area contributed by atoms with Crippen LogP contribution in [0.2, 0.25) is 0 Å². The number of amides is 3. The van der Waals surface area contributed by atoms with E-state index < -0.39 is 17.9 Å². The number of urea groups is 1. The summed E-state index contributed by atoms with van der Waals surface area (Å²) in [5.41, 5.74) is 0. The highest BCUT2D eigenvalue weighted by molar-refractivity contribution is 7.99. The highest BCUT2D eigenvalue weighted by atomic mass is 32.2. The Labute approximate surface area is 118 Å². The largest absolute Gasteiger partial charge is 0.459 e. The van der Waals surface area contributed by atoms with Gasteiger partial charge in [-0.15, -0.1) is 5.10 Å². The van der Waals surface area contributed by atoms with E-state index in [1.165, 1.54) is 0 Å². The Kier molecular flexibility index (Phi) is 6.50. The van der Waals surface area contributed by atoms with Crippen molar-refractivity contribution in [1.29, 1.82) is 0 Å². The van der Waals surface area contributed by atoms with Crippen molar-refractivity contribution in [3.05, 3.63) is 5.89 Å². The van der Waals surface area contributed by atoms with Gasteiger partial charge in [0.15, 0.2) is 0 Å². The number of carbonyl (C=O) groups excluding carboxylic acids is 3. The second-order valence-electron chi connectivity index (χ2n) is 3.29. The fourth-order valence-electron chi connectivity index (χ4n) is 1.04. The van der Waals surface area contributed by atoms with Gasteiger partial charge in [0.25, 0.3) is 5.22 Å². The first-order valence-electron chi connectivity index (χ1n) is 5.77. The maximum absolute atomic E-state index is 11.4. The van der Waals surface area contributed by atoms with E-state index in [0.29, 0.717) is 6.54 Å². The Morgan fingerprint density at radius 2 is 2.05 bits per heavy atom. The Balaban J connectivity index is 2.40. The number of esters is 1. The molecule has 0 saturated heterocycles. The number of carbonyl (C=O) groups is 3. The molecule has 1 aromatic rings. The van der Waals surface area contributed by atoms with Crippen molar-refractivity contribution in [3.63, 3.8) is 0 Å². The van der Waals surface area contributed by atoms with Crippen LogP contribution in [0, 0.1) is 0 Å². The van der Waals surface area contributed by atoms with Crippen LogP contribution >= 0.6 is 11.8 Å². The van der Waals surface area contributed by atoms with Crippen molar-refractivity contribution in [2.24, 2.45) is 0 Å². The fraction of sp³-hybridized carbons (Fsp3) is 0.500. The summed E-state index contributed by atoms with van der Waals surface area (Å²) in [6.07, 6.45) is 0. The van der Waals surface area contributed by atoms with Gasteiger partial charge in [-0.3, -0.25) is 10.1 Å². The lowest BCUT2D eigenvalue weighted by molar-refractivity contribution is -0.117. The van der Waals surface area contributed by atoms with Gasteiger partial charge in [-0.05, 0) is 13.8 Å². The highest BCUT2D eigenvalue weighted by Gasteiger charge is 2.17. The third-order valence-electron chi connectivity index (χ3n) is 1.77. The van der Waals surface area contributed by atoms with Crippen molar-refractivity contribution in [2.75, 3.05) is 18.9 Å². The van der Waals surface area contributed by atoms with Crippen LogP contribution in [-0.2, 0) is 9.53 Å². The van der Waals surface area contributed by atoms with Crippen LogP contribution in [-0.4, -0.2) is 47.0 Å². The lowest BCUT2D eigenvalue weighted by Crippen LogP contribution is -2.40. The fourth-order valence-corrected chi connectivity index (χ4v) is 1.60. The van der Waals surface area contributed by atoms with Crippen LogP contribution in [0.5, 0.6) is 0 Å². The smallest absolute Gasteiger partial charge is 0.396 e. The molecule has 0 radical (unpaired) electrons. The van der Waals surface area contributed by atoms with Gasteiger partial charge in [0, 0.05) is 6.54 Å². The van der Waals surface area contributed by atoms with E-state index in [4.69, 9.17) is 4.42 Å². The van der Waals surface area contributed by atoms with Gasteiger partial charge in [-0.25, -0.2) is 9.59 Å². The number of thioether (sulfide) groups is 1. The van der Waals surface area contributed by atoms with E-state index in [-0.39, 0.29) is 23.5 Å². The molecule has 110 valence electrons. The number of imide groups is 1. The molecule has 0 aromatic carbocycles. The lowest BCUT2D eigenvalue weighted by Gasteiger charge is -2.02. The average molecular weight is 302 g/mol. The monoisotopic (exact) mass is 302 g/mol. The molecular weight excluding hydrogens is 288 g/mol. The van der Waals surface area contributed by atoms with Gasteiger partial charge < -0.3 is 14.5 Å². The van der Waals surface area contributed by atoms with E-state index in [1.807, 2.05) is 0 Å². The van der Waals surface area contributed by atoms with Gasteiger partial charge in [0.2, 0.25) is 5.91 Å². The zero-order valence-corrected chi connectivity index (χ0v) is 11.8. The summed E-state index contributed by atoms with van der Waals surface area (Å²) in [5.74, 6) is -1.62. The standard InChI is InChI=1S/C10H14N4O5S/c1-3-11-9(17)12-6(15)5-20-10-14-13-7(19-10)8(16)18-4-2/h3-5H2,1-2H3,(H2,11,12,15,17). The van der Waals surface area contributed by atoms with Crippen molar-refractivity contribution in [1.82, 2.24) is 20.8 Å². The van der Waals surface area contributed by atoms with Crippen molar-refractivity contribution < 1.29 is 23.5 Å². The Morgan fingerprint density at radius 3 is 2.70 bits per heavy atom. The third-order valence-corrected chi connectivity index (χ3v) is 2.59. The van der Waals surface area contributed by atoms with Gasteiger partial charge >= 0.3 is 17.9 Å². The average Bonchev–Trinajstić information content (AvgIpc) is 2.85. The van der Waals surface area contributed by atoms with E-state index in [2.05, 4.69) is 25.6 Å². The molecule has 10 heteroatoms. The zero-order chi connectivity index (χ0) is 15.0. The molecular formula is C10H14N4O5S. The summed E-state index contributed by atoms with van der Waals surface area (Å²) in [6.45, 7) is 3.99. The van der Waals surface area contributed by atoms with Crippen molar-refractivity contribution >= 4 is 29.7 Å². The van der Waals surface area contributed by atoms with Crippen LogP contribution < -0.4 is 10.6 Å². The van der Waals surface area contributed by atoms with E-state index in [9.17, 15) is 14.4 Å². The minimum absolute atomic E-state index is 0.0408. The zero-order valence-electron chi connectivity index (χ0n) is 11.0. The SMILES string of the molecule is CCNC(=O)NC(=O)CSc1nnc(C(=O)OCC)o1. The van der Waals surface area contributed by atoms with Crippen molar-refractivity contribution in [3.8, 4) is 0 Å². The number of hydrogen-bond acceptors (Lipinski definition) is 8. The molecule has 0 unspecified atom stereocenters. The normalized spacial score (nSPS) is 9.90. The molecule has 3 amide bonds. The third kappa shape index (κ3) is 5.26. The van der Waals surface area contributed by atoms with Gasteiger partial charge in [0.05, 0.1) is 12.4 Å². The number of nitrogens with zero attached hydrogens (tertiary/aromatic N) is 2. The van der Waals surface area contributed by atoms with Gasteiger partial charge in [0.1, 0.15) is 0 Å². The maximum atomic E-state index is 11.4. The second kappa shape index (κ2) is 8.15. The van der Waals surface area contributed by atoms with Crippen LogP contribution in [0.25, 0.3) is 0 Å². The molecule has 1 rings (SSSR count). The molecule has 0 spiro atoms. The molecule has 0 atom stereocenters. The Bertz CT molecular complexity index is 490. The molecule has 0 saturated carbocycles. The predicted octanol–water partition coefficient (Wildman–Crippen LogP) is 0.184. The van der Waals surface area contributed by atoms with E-state index in [1.54, 1.807) is 13.8 Å². The summed E-state index contributed by atoms with van der Waals surface area (Å²) in [5, 5.41) is 11.6. The molecule has 1 heterocycles. The van der Waals surface area contributed by atoms with Gasteiger partial charge in [-0.1, -0.05) is 16.9 Å². The topological polar surface area (TPSA) is 123 Å². The van der Waals surface area contributed by atoms with Gasteiger partial charge in [-0.2, -0.15) is 0 Å². The summed E-state index contributed by atoms with van der Waals surface area (Å²) in [6, 6.07) is -0.573. The first kappa shape index (κ1) is 16.0. The van der Waals surface area contributed by atoms with Crippen LogP contribution in [0.4, 0.5) is 4.79 Å². The lowest BCUT2D eigenvalue weighted by atomic mass is 10.6. The van der Waals surface area contributed by atoms with E-state index >= 15 is 0 Å². The summed E-state index contributed by atoms with van der Waals surface area (Å²) < 4.78 is 9.66. The first-order chi connectivity index (χ1) is 9.56. The van der Waals surface area contributed by atoms with Crippen molar-refractivity contribution in [2.45, 2.75) is 19.1 Å². The molecule has 1 aromatic heterocycles. The molecule has 2 N–H and O–H groups in total. The van der Waals surface area contributed by atoms with Crippen LogP contribution in [0.15, 0.2) is 9.64 Å². The number of ether oxygens (including phenoxy) is 1. The minimum Gasteiger partial charge on any atom is -0.459 e. The van der Waals surface area contributed by atoms with Crippen LogP contribution in [0.3, 0.4) is 0 Å². The summed E-state index contributed by atoms with van der Waals surface area (Å²) in [4.78, 5) is 33.7. The Hall–Kier alpha value is -2.10. The first-order valence-corrected chi connectivity index (χ1v) is 6.76. The van der Waals surface area contributed by atoms with E-state index in [0.717, 1.165) is 11.8 Å². The minimum atomic E-state index is -0.723. The molecule has 0 aliphatic rings. The summed E-state index contributed by atoms with van der Waals surface area (Å²) >= 11 is 0.905. The molecule has 0 bridgehead atoms. The molecule has 9 nitrogen and oxygen atoms in total. The van der Waals surface area contributed by atoms with Crippen LogP contribution in [0.1, 0.15) is 24.5 Å². The molecule has 20 heavy (non-hydrogen) atoms. The molecule has 0 aliphatic carbocycles. The Morgan fingerprint density at radius 1 is 1.30 bits per heavy atom. The number of nitrogens with one attached hydrogen (secondary N) is 2. The maximum Gasteiger partial charge on any atom is 0.396 e. The quantitative estimate of drug-likeness (QED) is 0.563. The number of aromatic nitrogens is 2. The summed E-state index contributed by atoms with van der Waals surface area (Å²) in [7, 11) is 0. The highest BCUT2D eigenvalue weighted by Crippen LogP contribution is 2.15. The number of rotatable bonds is 6. The molecule has 0 fully saturated rings.